The molecule has 1 atom stereocenters. The van der Waals surface area contributed by atoms with Crippen molar-refractivity contribution in [2.24, 2.45) is 5.92 Å². The Bertz CT molecular complexity index is 1000. The normalized spacial score (nSPS) is 14.7. The molecular weight excluding hydrogens is 412 g/mol. The number of sulfonamides is 1. The zero-order chi connectivity index (χ0) is 21.2. The molecule has 0 radical (unpaired) electrons. The summed E-state index contributed by atoms with van der Waals surface area (Å²) in [7, 11) is -3.92. The molecule has 1 aromatic heterocycles. The van der Waals surface area contributed by atoms with Crippen molar-refractivity contribution >= 4 is 44.0 Å². The standard InChI is InChI=1S/C19H24N4O4S2/c1-12(2)10-16(18(25)21-19-20-7-9-28-19)22-29(26,27)15-4-5-17-14(11-15)6-8-23(17)13(3)24/h4-5,7,9,11-12,16,22H,6,8,10H2,1-3H3,(H,20,21,25). The first-order valence-corrected chi connectivity index (χ1v) is 11.7. The molecule has 2 amide bonds. The van der Waals surface area contributed by atoms with Crippen LogP contribution in [0.2, 0.25) is 0 Å². The molecular formula is C19H24N4O4S2. The van der Waals surface area contributed by atoms with Crippen LogP contribution in [-0.4, -0.2) is 37.8 Å². The van der Waals surface area contributed by atoms with Gasteiger partial charge in [0.15, 0.2) is 5.13 Å². The highest BCUT2D eigenvalue weighted by molar-refractivity contribution is 7.89. The second-order valence-corrected chi connectivity index (χ2v) is 9.95. The molecule has 2 heterocycles. The summed E-state index contributed by atoms with van der Waals surface area (Å²) in [6.07, 6.45) is 2.51. The smallest absolute Gasteiger partial charge is 0.244 e. The van der Waals surface area contributed by atoms with Crippen LogP contribution in [0.4, 0.5) is 10.8 Å². The van der Waals surface area contributed by atoms with E-state index in [1.807, 2.05) is 13.8 Å². The van der Waals surface area contributed by atoms with E-state index in [-0.39, 0.29) is 16.7 Å². The molecule has 0 saturated heterocycles. The fraction of sp³-hybridized carbons (Fsp3) is 0.421. The quantitative estimate of drug-likeness (QED) is 0.693. The lowest BCUT2D eigenvalue weighted by molar-refractivity contribution is -0.118. The number of nitrogens with one attached hydrogen (secondary N) is 2. The Morgan fingerprint density at radius 3 is 2.69 bits per heavy atom. The molecule has 2 N–H and O–H groups in total. The zero-order valence-corrected chi connectivity index (χ0v) is 18.1. The third-order valence-electron chi connectivity index (χ3n) is 4.62. The van der Waals surface area contributed by atoms with Gasteiger partial charge in [-0.05, 0) is 42.5 Å². The molecule has 0 fully saturated rings. The number of hydrogen-bond acceptors (Lipinski definition) is 6. The Morgan fingerprint density at radius 1 is 1.31 bits per heavy atom. The zero-order valence-electron chi connectivity index (χ0n) is 16.5. The van der Waals surface area contributed by atoms with E-state index < -0.39 is 22.0 Å². The first-order valence-electron chi connectivity index (χ1n) is 9.31. The lowest BCUT2D eigenvalue weighted by atomic mass is 10.0. The third kappa shape index (κ3) is 5.01. The van der Waals surface area contributed by atoms with Gasteiger partial charge in [0.25, 0.3) is 0 Å². The molecule has 0 spiro atoms. The van der Waals surface area contributed by atoms with Crippen LogP contribution in [0.25, 0.3) is 0 Å². The van der Waals surface area contributed by atoms with Gasteiger partial charge >= 0.3 is 0 Å². The Balaban J connectivity index is 1.81. The van der Waals surface area contributed by atoms with Crippen molar-refractivity contribution in [1.29, 1.82) is 0 Å². The van der Waals surface area contributed by atoms with Crippen molar-refractivity contribution < 1.29 is 18.0 Å². The first-order chi connectivity index (χ1) is 13.7. The van der Waals surface area contributed by atoms with Gasteiger partial charge in [-0.1, -0.05) is 13.8 Å². The third-order valence-corrected chi connectivity index (χ3v) is 6.78. The van der Waals surface area contributed by atoms with E-state index in [1.54, 1.807) is 28.6 Å². The number of thiazole rings is 1. The molecule has 156 valence electrons. The molecule has 0 aliphatic carbocycles. The summed E-state index contributed by atoms with van der Waals surface area (Å²) in [5.41, 5.74) is 1.53. The summed E-state index contributed by atoms with van der Waals surface area (Å²) in [5.74, 6) is -0.414. The summed E-state index contributed by atoms with van der Waals surface area (Å²) in [6, 6.07) is 3.76. The number of fused-ring (bicyclic) bond motifs is 1. The first kappa shape index (κ1) is 21.4. The number of hydrogen-bond donors (Lipinski definition) is 2. The Labute approximate surface area is 174 Å². The van der Waals surface area contributed by atoms with Crippen LogP contribution in [0, 0.1) is 5.92 Å². The SMILES string of the molecule is CC(=O)N1CCc2cc(S(=O)(=O)NC(CC(C)C)C(=O)Nc3nccs3)ccc21. The molecule has 1 aliphatic heterocycles. The average Bonchev–Trinajstić information content (AvgIpc) is 3.29. The maximum atomic E-state index is 13.0. The molecule has 2 aromatic rings. The predicted octanol–water partition coefficient (Wildman–Crippen LogP) is 2.38. The van der Waals surface area contributed by atoms with Crippen molar-refractivity contribution in [3.05, 3.63) is 35.3 Å². The van der Waals surface area contributed by atoms with Crippen molar-refractivity contribution in [3.8, 4) is 0 Å². The van der Waals surface area contributed by atoms with Crippen molar-refractivity contribution in [2.75, 3.05) is 16.8 Å². The van der Waals surface area contributed by atoms with E-state index in [1.165, 1.54) is 24.3 Å². The average molecular weight is 437 g/mol. The highest BCUT2D eigenvalue weighted by Gasteiger charge is 2.29. The molecule has 8 nitrogen and oxygen atoms in total. The minimum Gasteiger partial charge on any atom is -0.312 e. The molecule has 10 heteroatoms. The Hall–Kier alpha value is -2.30. The number of anilines is 2. The lowest BCUT2D eigenvalue weighted by Gasteiger charge is -2.20. The lowest BCUT2D eigenvalue weighted by Crippen LogP contribution is -2.44. The van der Waals surface area contributed by atoms with E-state index >= 15 is 0 Å². The van der Waals surface area contributed by atoms with Crippen LogP contribution in [0.3, 0.4) is 0 Å². The van der Waals surface area contributed by atoms with Crippen LogP contribution in [-0.2, 0) is 26.0 Å². The Kier molecular flexibility index (Phi) is 6.35. The maximum absolute atomic E-state index is 13.0. The fourth-order valence-electron chi connectivity index (χ4n) is 3.29. The number of carbonyl (C=O) groups excluding carboxylic acids is 2. The van der Waals surface area contributed by atoms with Gasteiger partial charge in [-0.3, -0.25) is 9.59 Å². The Morgan fingerprint density at radius 2 is 2.07 bits per heavy atom. The minimum atomic E-state index is -3.92. The summed E-state index contributed by atoms with van der Waals surface area (Å²) >= 11 is 1.27. The molecule has 0 saturated carbocycles. The van der Waals surface area contributed by atoms with Crippen LogP contribution in [0.15, 0.2) is 34.7 Å². The second-order valence-electron chi connectivity index (χ2n) is 7.34. The topological polar surface area (TPSA) is 108 Å². The van der Waals surface area contributed by atoms with Crippen LogP contribution in [0.1, 0.15) is 32.8 Å². The molecule has 3 rings (SSSR count). The van der Waals surface area contributed by atoms with Gasteiger partial charge < -0.3 is 10.2 Å². The van der Waals surface area contributed by atoms with Crippen molar-refractivity contribution in [2.45, 2.75) is 44.6 Å². The number of amides is 2. The number of nitrogens with zero attached hydrogens (tertiary/aromatic N) is 2. The molecule has 29 heavy (non-hydrogen) atoms. The molecule has 1 unspecified atom stereocenters. The fourth-order valence-corrected chi connectivity index (χ4v) is 5.08. The van der Waals surface area contributed by atoms with E-state index in [0.717, 1.165) is 11.3 Å². The van der Waals surface area contributed by atoms with Crippen molar-refractivity contribution in [3.63, 3.8) is 0 Å². The van der Waals surface area contributed by atoms with Crippen LogP contribution in [0.5, 0.6) is 0 Å². The van der Waals surface area contributed by atoms with Gasteiger partial charge in [-0.25, -0.2) is 13.4 Å². The van der Waals surface area contributed by atoms with Gasteiger partial charge in [-0.15, -0.1) is 11.3 Å². The molecule has 0 bridgehead atoms. The van der Waals surface area contributed by atoms with Crippen LogP contribution < -0.4 is 14.9 Å². The second kappa shape index (κ2) is 8.60. The van der Waals surface area contributed by atoms with Gasteiger partial charge in [0.1, 0.15) is 6.04 Å². The van der Waals surface area contributed by atoms with Crippen LogP contribution >= 0.6 is 11.3 Å². The predicted molar refractivity (Wildman–Crippen MR) is 112 cm³/mol. The van der Waals surface area contributed by atoms with Gasteiger partial charge in [0, 0.05) is 30.7 Å². The summed E-state index contributed by atoms with van der Waals surface area (Å²) in [6.45, 7) is 5.86. The molecule has 1 aromatic carbocycles. The number of aromatic nitrogens is 1. The van der Waals surface area contributed by atoms with E-state index in [9.17, 15) is 18.0 Å². The summed E-state index contributed by atoms with van der Waals surface area (Å²) < 4.78 is 28.5. The number of carbonyl (C=O) groups is 2. The summed E-state index contributed by atoms with van der Waals surface area (Å²) in [5, 5.41) is 4.81. The van der Waals surface area contributed by atoms with E-state index in [4.69, 9.17) is 0 Å². The van der Waals surface area contributed by atoms with Gasteiger partial charge in [-0.2, -0.15) is 4.72 Å². The van der Waals surface area contributed by atoms with Crippen molar-refractivity contribution in [1.82, 2.24) is 9.71 Å². The largest absolute Gasteiger partial charge is 0.312 e. The van der Waals surface area contributed by atoms with Gasteiger partial charge in [0.2, 0.25) is 21.8 Å². The monoisotopic (exact) mass is 436 g/mol. The number of benzene rings is 1. The van der Waals surface area contributed by atoms with E-state index in [0.29, 0.717) is 24.5 Å². The van der Waals surface area contributed by atoms with Gasteiger partial charge in [0.05, 0.1) is 4.90 Å². The summed E-state index contributed by atoms with van der Waals surface area (Å²) in [4.78, 5) is 30.1. The van der Waals surface area contributed by atoms with E-state index in [2.05, 4.69) is 15.0 Å². The highest BCUT2D eigenvalue weighted by Crippen LogP contribution is 2.30. The molecule has 1 aliphatic rings. The highest BCUT2D eigenvalue weighted by atomic mass is 32.2. The maximum Gasteiger partial charge on any atom is 0.244 e. The number of rotatable bonds is 7. The minimum absolute atomic E-state index is 0.0756.